The van der Waals surface area contributed by atoms with Crippen molar-refractivity contribution in [3.63, 3.8) is 0 Å². The fraction of sp³-hybridized carbons (Fsp3) is 0.0417. The number of primary amides is 1. The molecule has 0 unspecified atom stereocenters. The van der Waals surface area contributed by atoms with Gasteiger partial charge in [-0.3, -0.25) is 19.1 Å². The van der Waals surface area contributed by atoms with Gasteiger partial charge in [-0.1, -0.05) is 48.5 Å². The summed E-state index contributed by atoms with van der Waals surface area (Å²) in [7, 11) is 0. The Labute approximate surface area is 198 Å². The number of anilines is 1. The lowest BCUT2D eigenvalue weighted by Crippen LogP contribution is -2.21. The van der Waals surface area contributed by atoms with Crippen LogP contribution in [0.1, 0.15) is 25.6 Å². The van der Waals surface area contributed by atoms with Crippen molar-refractivity contribution in [2.24, 2.45) is 10.8 Å². The van der Waals surface area contributed by atoms with E-state index in [2.05, 4.69) is 20.9 Å². The summed E-state index contributed by atoms with van der Waals surface area (Å²) in [6, 6.07) is 19.5. The number of hydrazone groups is 1. The maximum atomic E-state index is 12.8. The fourth-order valence-corrected chi connectivity index (χ4v) is 3.81. The Balaban J connectivity index is 1.52. The molecule has 4 rings (SSSR count). The van der Waals surface area contributed by atoms with Gasteiger partial charge in [-0.25, -0.2) is 5.43 Å². The summed E-state index contributed by atoms with van der Waals surface area (Å²) in [5.41, 5.74) is 10.4. The summed E-state index contributed by atoms with van der Waals surface area (Å²) in [6.45, 7) is -0.0860. The van der Waals surface area contributed by atoms with Crippen molar-refractivity contribution in [3.05, 3.63) is 94.3 Å². The fourth-order valence-electron chi connectivity index (χ4n) is 3.19. The van der Waals surface area contributed by atoms with Crippen LogP contribution in [0.2, 0.25) is 0 Å². The number of para-hydroxylation sites is 1. The topological polar surface area (TPSA) is 131 Å². The number of benzene rings is 2. The maximum absolute atomic E-state index is 12.8. The number of carbonyl (C=O) groups is 3. The summed E-state index contributed by atoms with van der Waals surface area (Å²) in [5.74, 6) is -1.32. The SMILES string of the molecule is NC(=O)Cn1cc(C=NNC(=O)c2ccccc2NC(=O)c2cccs2)c(-c2ccccc2)n1. The summed E-state index contributed by atoms with van der Waals surface area (Å²) >= 11 is 1.31. The van der Waals surface area contributed by atoms with Gasteiger partial charge in [0.25, 0.3) is 11.8 Å². The van der Waals surface area contributed by atoms with Crippen LogP contribution in [-0.2, 0) is 11.3 Å². The number of rotatable bonds is 8. The second-order valence-electron chi connectivity index (χ2n) is 7.14. The van der Waals surface area contributed by atoms with E-state index < -0.39 is 11.8 Å². The van der Waals surface area contributed by atoms with E-state index in [0.29, 0.717) is 21.8 Å². The summed E-state index contributed by atoms with van der Waals surface area (Å²) < 4.78 is 1.42. The number of hydrogen-bond donors (Lipinski definition) is 3. The van der Waals surface area contributed by atoms with Gasteiger partial charge in [0, 0.05) is 17.3 Å². The molecule has 34 heavy (non-hydrogen) atoms. The molecule has 0 bridgehead atoms. The van der Waals surface area contributed by atoms with Gasteiger partial charge < -0.3 is 11.1 Å². The molecule has 0 saturated heterocycles. The Morgan fingerprint density at radius 1 is 1.00 bits per heavy atom. The normalized spacial score (nSPS) is 10.8. The first-order chi connectivity index (χ1) is 16.5. The Hall–Kier alpha value is -4.57. The van der Waals surface area contributed by atoms with E-state index in [1.54, 1.807) is 48.0 Å². The molecule has 0 radical (unpaired) electrons. The predicted octanol–water partition coefficient (Wildman–Crippen LogP) is 3.11. The Kier molecular flexibility index (Phi) is 6.89. The van der Waals surface area contributed by atoms with Gasteiger partial charge in [0.2, 0.25) is 5.91 Å². The van der Waals surface area contributed by atoms with E-state index in [-0.39, 0.29) is 18.0 Å². The molecule has 0 aliphatic carbocycles. The van der Waals surface area contributed by atoms with Gasteiger partial charge in [-0.15, -0.1) is 11.3 Å². The summed E-state index contributed by atoms with van der Waals surface area (Å²) in [5, 5.41) is 13.0. The molecule has 3 amide bonds. The quantitative estimate of drug-likeness (QED) is 0.269. The first-order valence-corrected chi connectivity index (χ1v) is 11.1. The standard InChI is InChI=1S/C24H20N6O3S/c25-21(31)15-30-14-17(22(29-30)16-7-2-1-3-8-16)13-26-28-23(32)18-9-4-5-10-19(18)27-24(33)20-11-6-12-34-20/h1-14H,15H2,(H2,25,31)(H,27,33)(H,28,32). The van der Waals surface area contributed by atoms with E-state index in [9.17, 15) is 14.4 Å². The molecule has 0 fully saturated rings. The van der Waals surface area contributed by atoms with Crippen LogP contribution in [0.3, 0.4) is 0 Å². The Morgan fingerprint density at radius 3 is 2.50 bits per heavy atom. The number of nitrogens with zero attached hydrogens (tertiary/aromatic N) is 3. The number of thiophene rings is 1. The van der Waals surface area contributed by atoms with Crippen molar-refractivity contribution in [2.45, 2.75) is 6.54 Å². The molecule has 0 saturated carbocycles. The third kappa shape index (κ3) is 5.43. The van der Waals surface area contributed by atoms with Gasteiger partial charge >= 0.3 is 0 Å². The first kappa shape index (κ1) is 22.6. The van der Waals surface area contributed by atoms with Crippen LogP contribution in [0, 0.1) is 0 Å². The molecule has 170 valence electrons. The second-order valence-corrected chi connectivity index (χ2v) is 8.09. The summed E-state index contributed by atoms with van der Waals surface area (Å²) in [4.78, 5) is 37.0. The van der Waals surface area contributed by atoms with E-state index in [1.807, 2.05) is 30.3 Å². The molecule has 9 nitrogen and oxygen atoms in total. The zero-order valence-electron chi connectivity index (χ0n) is 17.8. The lowest BCUT2D eigenvalue weighted by molar-refractivity contribution is -0.118. The van der Waals surface area contributed by atoms with Crippen LogP contribution in [0.5, 0.6) is 0 Å². The van der Waals surface area contributed by atoms with Crippen LogP contribution in [0.25, 0.3) is 11.3 Å². The van der Waals surface area contributed by atoms with Crippen LogP contribution >= 0.6 is 11.3 Å². The number of aromatic nitrogens is 2. The molecule has 10 heteroatoms. The number of nitrogens with two attached hydrogens (primary N) is 1. The van der Waals surface area contributed by atoms with E-state index >= 15 is 0 Å². The second kappa shape index (κ2) is 10.4. The Morgan fingerprint density at radius 2 is 1.76 bits per heavy atom. The molecule has 2 aromatic heterocycles. The molecule has 4 N–H and O–H groups in total. The minimum atomic E-state index is -0.528. The van der Waals surface area contributed by atoms with Gasteiger partial charge in [0.05, 0.1) is 22.3 Å². The van der Waals surface area contributed by atoms with Crippen LogP contribution < -0.4 is 16.5 Å². The zero-order valence-corrected chi connectivity index (χ0v) is 18.7. The molecular weight excluding hydrogens is 452 g/mol. The predicted molar refractivity (Wildman–Crippen MR) is 131 cm³/mol. The van der Waals surface area contributed by atoms with Gasteiger partial charge in [-0.2, -0.15) is 10.2 Å². The highest BCUT2D eigenvalue weighted by atomic mass is 32.1. The van der Waals surface area contributed by atoms with Crippen molar-refractivity contribution in [1.82, 2.24) is 15.2 Å². The lowest BCUT2D eigenvalue weighted by Gasteiger charge is -2.09. The minimum absolute atomic E-state index is 0.0860. The van der Waals surface area contributed by atoms with Crippen molar-refractivity contribution >= 4 is 41.0 Å². The third-order valence-corrected chi connectivity index (χ3v) is 5.56. The van der Waals surface area contributed by atoms with Crippen molar-refractivity contribution in [2.75, 3.05) is 5.32 Å². The van der Waals surface area contributed by atoms with Gasteiger partial charge in [0.15, 0.2) is 0 Å². The average molecular weight is 473 g/mol. The number of nitrogens with one attached hydrogen (secondary N) is 2. The van der Waals surface area contributed by atoms with Crippen molar-refractivity contribution in [3.8, 4) is 11.3 Å². The monoisotopic (exact) mass is 472 g/mol. The number of carbonyl (C=O) groups excluding carboxylic acids is 3. The van der Waals surface area contributed by atoms with Gasteiger partial charge in [0.1, 0.15) is 12.2 Å². The average Bonchev–Trinajstić information content (AvgIpc) is 3.50. The first-order valence-electron chi connectivity index (χ1n) is 10.2. The third-order valence-electron chi connectivity index (χ3n) is 4.69. The minimum Gasteiger partial charge on any atom is -0.368 e. The lowest BCUT2D eigenvalue weighted by atomic mass is 10.1. The van der Waals surface area contributed by atoms with Crippen LogP contribution in [0.4, 0.5) is 5.69 Å². The molecule has 2 aromatic carbocycles. The highest BCUT2D eigenvalue weighted by Crippen LogP contribution is 2.21. The maximum Gasteiger partial charge on any atom is 0.273 e. The number of amides is 3. The zero-order chi connectivity index (χ0) is 23.9. The largest absolute Gasteiger partial charge is 0.368 e. The van der Waals surface area contributed by atoms with Gasteiger partial charge in [-0.05, 0) is 23.6 Å². The highest BCUT2D eigenvalue weighted by molar-refractivity contribution is 7.12. The van der Waals surface area contributed by atoms with Crippen LogP contribution in [0.15, 0.2) is 83.4 Å². The molecular formula is C24H20N6O3S. The number of hydrogen-bond acceptors (Lipinski definition) is 6. The van der Waals surface area contributed by atoms with E-state index in [0.717, 1.165) is 5.56 Å². The molecule has 0 aliphatic heterocycles. The molecule has 0 aliphatic rings. The van der Waals surface area contributed by atoms with Crippen molar-refractivity contribution in [1.29, 1.82) is 0 Å². The summed E-state index contributed by atoms with van der Waals surface area (Å²) in [6.07, 6.45) is 3.06. The molecule has 4 aromatic rings. The van der Waals surface area contributed by atoms with Crippen molar-refractivity contribution < 1.29 is 14.4 Å². The molecule has 0 atom stereocenters. The van der Waals surface area contributed by atoms with E-state index in [1.165, 1.54) is 22.2 Å². The Bertz CT molecular complexity index is 1350. The van der Waals surface area contributed by atoms with Crippen LogP contribution in [-0.4, -0.2) is 33.7 Å². The highest BCUT2D eigenvalue weighted by Gasteiger charge is 2.15. The molecule has 2 heterocycles. The molecule has 0 spiro atoms. The smallest absolute Gasteiger partial charge is 0.273 e. The van der Waals surface area contributed by atoms with E-state index in [4.69, 9.17) is 5.73 Å².